The molecule has 3 aromatic rings. The molecule has 2 amide bonds. The van der Waals surface area contributed by atoms with Gasteiger partial charge >= 0.3 is 0 Å². The molecule has 0 unspecified atom stereocenters. The van der Waals surface area contributed by atoms with Crippen LogP contribution in [0, 0.1) is 0 Å². The topological polar surface area (TPSA) is 99.2 Å². The van der Waals surface area contributed by atoms with Crippen molar-refractivity contribution < 1.29 is 9.59 Å². The first-order chi connectivity index (χ1) is 14.9. The third-order valence-corrected chi connectivity index (χ3v) is 5.91. The van der Waals surface area contributed by atoms with Gasteiger partial charge in [-0.1, -0.05) is 0 Å². The Labute approximate surface area is 179 Å². The minimum absolute atomic E-state index is 0.0911. The fourth-order valence-electron chi connectivity index (χ4n) is 4.04. The van der Waals surface area contributed by atoms with Crippen molar-refractivity contribution >= 4 is 29.2 Å². The number of aromatic nitrogens is 4. The lowest BCUT2D eigenvalue weighted by atomic mass is 10.0. The molecular formula is C22H23N7O2. The monoisotopic (exact) mass is 417 g/mol. The zero-order valence-electron chi connectivity index (χ0n) is 17.6. The van der Waals surface area contributed by atoms with Gasteiger partial charge in [-0.05, 0) is 25.3 Å². The Balaban J connectivity index is 1.71. The van der Waals surface area contributed by atoms with Crippen molar-refractivity contribution in [2.24, 2.45) is 7.05 Å². The van der Waals surface area contributed by atoms with Gasteiger partial charge in [0.05, 0.1) is 46.3 Å². The van der Waals surface area contributed by atoms with Gasteiger partial charge in [-0.2, -0.15) is 5.10 Å². The van der Waals surface area contributed by atoms with Gasteiger partial charge in [0.1, 0.15) is 0 Å². The molecule has 2 aliphatic rings. The second kappa shape index (κ2) is 7.21. The molecule has 9 nitrogen and oxygen atoms in total. The van der Waals surface area contributed by atoms with E-state index in [-0.39, 0.29) is 11.8 Å². The molecule has 2 bridgehead atoms. The van der Waals surface area contributed by atoms with E-state index in [1.54, 1.807) is 36.5 Å². The number of amides is 2. The fourth-order valence-corrected chi connectivity index (χ4v) is 4.04. The molecule has 2 aliphatic heterocycles. The van der Waals surface area contributed by atoms with Crippen LogP contribution in [0.2, 0.25) is 0 Å². The third-order valence-electron chi connectivity index (χ3n) is 5.91. The van der Waals surface area contributed by atoms with Crippen molar-refractivity contribution in [3.63, 3.8) is 0 Å². The first kappa shape index (κ1) is 19.3. The highest BCUT2D eigenvalue weighted by atomic mass is 16.2. The van der Waals surface area contributed by atoms with E-state index in [0.717, 1.165) is 22.5 Å². The van der Waals surface area contributed by atoms with Gasteiger partial charge < -0.3 is 15.2 Å². The molecule has 9 heteroatoms. The molecule has 0 atom stereocenters. The number of fused-ring (bicyclic) bond motifs is 4. The Morgan fingerprint density at radius 2 is 1.87 bits per heavy atom. The summed E-state index contributed by atoms with van der Waals surface area (Å²) in [5.41, 5.74) is 5.76. The molecule has 0 fully saturated rings. The van der Waals surface area contributed by atoms with Crippen molar-refractivity contribution in [3.8, 4) is 11.3 Å². The minimum Gasteiger partial charge on any atom is -0.361 e. The molecular weight excluding hydrogens is 394 g/mol. The van der Waals surface area contributed by atoms with Crippen LogP contribution in [0.15, 0.2) is 30.7 Å². The maximum atomic E-state index is 13.1. The highest BCUT2D eigenvalue weighted by molar-refractivity contribution is 6.35. The van der Waals surface area contributed by atoms with Crippen molar-refractivity contribution in [1.82, 2.24) is 29.5 Å². The van der Waals surface area contributed by atoms with E-state index in [1.165, 1.54) is 0 Å². The molecule has 2 N–H and O–H groups in total. The number of likely N-dealkylation sites (N-methyl/N-ethyl adjacent to an activating group) is 2. The summed E-state index contributed by atoms with van der Waals surface area (Å²) in [6, 6.07) is 3.66. The Morgan fingerprint density at radius 1 is 1.03 bits per heavy atom. The molecule has 0 radical (unpaired) electrons. The summed E-state index contributed by atoms with van der Waals surface area (Å²) in [6.45, 7) is 1.93. The summed E-state index contributed by atoms with van der Waals surface area (Å²) in [6.07, 6.45) is 6.94. The molecule has 31 heavy (non-hydrogen) atoms. The smallest absolute Gasteiger partial charge is 0.256 e. The van der Waals surface area contributed by atoms with E-state index in [0.29, 0.717) is 42.2 Å². The third kappa shape index (κ3) is 3.23. The summed E-state index contributed by atoms with van der Waals surface area (Å²) < 4.78 is 1.85. The average molecular weight is 417 g/mol. The number of rotatable bonds is 0. The van der Waals surface area contributed by atoms with Gasteiger partial charge in [0.15, 0.2) is 0 Å². The number of aromatic amines is 1. The van der Waals surface area contributed by atoms with Crippen molar-refractivity contribution in [3.05, 3.63) is 53.2 Å². The van der Waals surface area contributed by atoms with Crippen molar-refractivity contribution in [2.45, 2.75) is 6.54 Å². The maximum absolute atomic E-state index is 13.1. The van der Waals surface area contributed by atoms with Gasteiger partial charge in [-0.25, -0.2) is 0 Å². The number of carbonyl (C=O) groups excluding carboxylic acids is 2. The first-order valence-corrected chi connectivity index (χ1v) is 10.1. The molecule has 3 aromatic heterocycles. The lowest BCUT2D eigenvalue weighted by molar-refractivity contribution is -0.110. The summed E-state index contributed by atoms with van der Waals surface area (Å²) in [4.78, 5) is 37.3. The number of nitrogens with one attached hydrogen (secondary N) is 2. The van der Waals surface area contributed by atoms with Gasteiger partial charge in [0.25, 0.3) is 11.8 Å². The number of aryl methyl sites for hydroxylation is 1. The van der Waals surface area contributed by atoms with E-state index in [2.05, 4.69) is 25.3 Å². The van der Waals surface area contributed by atoms with Crippen LogP contribution in [0.3, 0.4) is 0 Å². The van der Waals surface area contributed by atoms with Crippen LogP contribution in [-0.2, 0) is 18.4 Å². The maximum Gasteiger partial charge on any atom is 0.256 e. The summed E-state index contributed by atoms with van der Waals surface area (Å²) >= 11 is 0. The van der Waals surface area contributed by atoms with Crippen molar-refractivity contribution in [1.29, 1.82) is 0 Å². The first-order valence-electron chi connectivity index (χ1n) is 10.1. The Hall–Kier alpha value is -3.72. The molecule has 0 saturated heterocycles. The normalized spacial score (nSPS) is 18.5. The zero-order chi connectivity index (χ0) is 21.7. The van der Waals surface area contributed by atoms with Gasteiger partial charge in [0.2, 0.25) is 0 Å². The molecule has 5 heterocycles. The highest BCUT2D eigenvalue weighted by Gasteiger charge is 2.28. The Bertz CT molecular complexity index is 1240. The zero-order valence-corrected chi connectivity index (χ0v) is 17.6. The molecule has 0 aliphatic carbocycles. The Kier molecular flexibility index (Phi) is 4.48. The molecule has 0 aromatic carbocycles. The van der Waals surface area contributed by atoms with Gasteiger partial charge in [-0.15, -0.1) is 0 Å². The van der Waals surface area contributed by atoms with E-state index >= 15 is 0 Å². The number of H-pyrrole nitrogens is 1. The SMILES string of the molecule is CN1CCN(C)C(=O)c2cc[nH]c2/C=C2\C(=O)Nc3cnc(cc32)-c2cnn(C)c2C1. The molecule has 5 rings (SSSR count). The second-order valence-corrected chi connectivity index (χ2v) is 8.03. The number of hydrogen-bond donors (Lipinski definition) is 2. The molecule has 158 valence electrons. The second-order valence-electron chi connectivity index (χ2n) is 8.03. The van der Waals surface area contributed by atoms with Crippen molar-refractivity contribution in [2.75, 3.05) is 32.5 Å². The standard InChI is InChI=1S/C22H23N7O2/c1-27-6-7-28(2)22(31)13-4-5-23-17(13)9-15-14-8-18(24-11-19(14)26-21(15)30)16-10-25-29(3)20(16)12-27/h4-5,8-11,23H,6-7,12H2,1-3H3,(H,26,30)/b15-9-. The Morgan fingerprint density at radius 3 is 2.71 bits per heavy atom. The molecule has 0 saturated carbocycles. The number of pyridine rings is 1. The summed E-state index contributed by atoms with van der Waals surface area (Å²) in [7, 11) is 5.72. The fraction of sp³-hybridized carbons (Fsp3) is 0.273. The van der Waals surface area contributed by atoms with Crippen LogP contribution < -0.4 is 5.32 Å². The van der Waals surface area contributed by atoms with Crippen LogP contribution >= 0.6 is 0 Å². The average Bonchev–Trinajstić information content (AvgIpc) is 3.44. The van der Waals surface area contributed by atoms with Crippen LogP contribution in [0.4, 0.5) is 5.69 Å². The van der Waals surface area contributed by atoms with Gasteiger partial charge in [0, 0.05) is 51.1 Å². The number of nitrogens with zero attached hydrogens (tertiary/aromatic N) is 5. The van der Waals surface area contributed by atoms with Crippen LogP contribution in [-0.4, -0.2) is 68.5 Å². The number of carbonyl (C=O) groups is 2. The summed E-state index contributed by atoms with van der Waals surface area (Å²) in [5, 5.41) is 7.30. The number of anilines is 1. The van der Waals surface area contributed by atoms with Gasteiger partial charge in [-0.3, -0.25) is 24.2 Å². The predicted molar refractivity (Wildman–Crippen MR) is 117 cm³/mol. The predicted octanol–water partition coefficient (Wildman–Crippen LogP) is 1.82. The lowest BCUT2D eigenvalue weighted by Gasteiger charge is -2.22. The van der Waals surface area contributed by atoms with Crippen LogP contribution in [0.1, 0.15) is 27.3 Å². The highest BCUT2D eigenvalue weighted by Crippen LogP contribution is 2.36. The van der Waals surface area contributed by atoms with Crippen LogP contribution in [0.5, 0.6) is 0 Å². The van der Waals surface area contributed by atoms with E-state index < -0.39 is 0 Å². The van der Waals surface area contributed by atoms with E-state index in [9.17, 15) is 9.59 Å². The largest absolute Gasteiger partial charge is 0.361 e. The van der Waals surface area contributed by atoms with E-state index in [1.807, 2.05) is 31.0 Å². The quantitative estimate of drug-likeness (QED) is 0.581. The van der Waals surface area contributed by atoms with Crippen LogP contribution in [0.25, 0.3) is 22.9 Å². The number of hydrogen-bond acceptors (Lipinski definition) is 5. The summed E-state index contributed by atoms with van der Waals surface area (Å²) in [5.74, 6) is -0.308. The lowest BCUT2D eigenvalue weighted by Crippen LogP contribution is -2.35. The molecule has 0 spiro atoms. The minimum atomic E-state index is -0.217. The van der Waals surface area contributed by atoms with E-state index in [4.69, 9.17) is 0 Å².